The highest BCUT2D eigenvalue weighted by Crippen LogP contribution is 2.19. The zero-order valence-corrected chi connectivity index (χ0v) is 51.1. The summed E-state index contributed by atoms with van der Waals surface area (Å²) in [6, 6.07) is -0.549. The molecule has 0 saturated carbocycles. The van der Waals surface area contributed by atoms with Gasteiger partial charge in [-0.1, -0.05) is 341 Å². The molecule has 2 unspecified atom stereocenters. The van der Waals surface area contributed by atoms with Gasteiger partial charge in [-0.25, -0.2) is 0 Å². The second kappa shape index (κ2) is 65.1. The van der Waals surface area contributed by atoms with E-state index in [9.17, 15) is 19.8 Å². The average molecular weight is 1060 g/mol. The molecule has 0 aliphatic heterocycles. The van der Waals surface area contributed by atoms with E-state index in [0.29, 0.717) is 25.9 Å². The lowest BCUT2D eigenvalue weighted by atomic mass is 10.0. The van der Waals surface area contributed by atoms with E-state index >= 15 is 0 Å². The quantitative estimate of drug-likeness (QED) is 0.0320. The molecule has 75 heavy (non-hydrogen) atoms. The van der Waals surface area contributed by atoms with E-state index in [1.165, 1.54) is 315 Å². The Morgan fingerprint density at radius 3 is 0.947 bits per heavy atom. The summed E-state index contributed by atoms with van der Waals surface area (Å²) in [4.78, 5) is 24.7. The minimum Gasteiger partial charge on any atom is -0.466 e. The molecule has 446 valence electrons. The van der Waals surface area contributed by atoms with Crippen molar-refractivity contribution in [1.29, 1.82) is 0 Å². The maximum Gasteiger partial charge on any atom is 0.305 e. The lowest BCUT2D eigenvalue weighted by molar-refractivity contribution is -0.143. The van der Waals surface area contributed by atoms with Crippen molar-refractivity contribution in [3.63, 3.8) is 0 Å². The molecule has 6 heteroatoms. The number of unbranched alkanes of at least 4 members (excludes halogenated alkanes) is 52. The summed E-state index contributed by atoms with van der Waals surface area (Å²) in [6.07, 6.45) is 79.5. The molecular weight excluding hydrogens is 923 g/mol. The highest BCUT2D eigenvalue weighted by Gasteiger charge is 2.20. The summed E-state index contributed by atoms with van der Waals surface area (Å²) in [5.41, 5.74) is 0. The van der Waals surface area contributed by atoms with E-state index in [1.54, 1.807) is 0 Å². The van der Waals surface area contributed by atoms with Gasteiger partial charge >= 0.3 is 5.97 Å². The number of rotatable bonds is 65. The Kier molecular flexibility index (Phi) is 63.9. The minimum absolute atomic E-state index is 0.00194. The Balaban J connectivity index is 3.40. The van der Waals surface area contributed by atoms with Gasteiger partial charge in [-0.3, -0.25) is 9.59 Å². The van der Waals surface area contributed by atoms with Gasteiger partial charge in [0.1, 0.15) is 0 Å². The fourth-order valence-corrected chi connectivity index (χ4v) is 11.1. The van der Waals surface area contributed by atoms with Gasteiger partial charge in [0, 0.05) is 12.8 Å². The number of amides is 1. The Labute approximate surface area is 469 Å². The standard InChI is InChI=1S/C69H135NO5/c1-3-5-7-9-11-13-15-17-19-21-23-24-25-26-27-29-30-33-37-41-45-49-53-57-61-67(72)66(65-71)70-68(73)62-58-54-50-46-42-38-34-32-36-40-44-48-52-56-60-64-75-69(74)63-59-55-51-47-43-39-35-31-28-22-20-18-16-14-12-10-8-6-4-2/h18,20,66-67,71-72H,3-17,19,21-65H2,1-2H3,(H,70,73)/b20-18-. The molecule has 0 spiro atoms. The molecule has 2 atom stereocenters. The van der Waals surface area contributed by atoms with Gasteiger partial charge < -0.3 is 20.3 Å². The summed E-state index contributed by atoms with van der Waals surface area (Å²) in [5, 5.41) is 23.4. The molecule has 0 fully saturated rings. The fraction of sp³-hybridized carbons (Fsp3) is 0.942. The van der Waals surface area contributed by atoms with Gasteiger partial charge in [0.2, 0.25) is 5.91 Å². The van der Waals surface area contributed by atoms with Crippen LogP contribution in [0.25, 0.3) is 0 Å². The van der Waals surface area contributed by atoms with Crippen molar-refractivity contribution in [1.82, 2.24) is 5.32 Å². The number of carbonyl (C=O) groups is 2. The third-order valence-electron chi connectivity index (χ3n) is 16.3. The minimum atomic E-state index is -0.671. The van der Waals surface area contributed by atoms with Crippen molar-refractivity contribution in [2.75, 3.05) is 13.2 Å². The van der Waals surface area contributed by atoms with E-state index in [0.717, 1.165) is 44.9 Å². The second-order valence-corrected chi connectivity index (χ2v) is 23.9. The molecule has 0 heterocycles. The Bertz CT molecular complexity index is 1130. The van der Waals surface area contributed by atoms with Crippen LogP contribution < -0.4 is 5.32 Å². The Morgan fingerprint density at radius 2 is 0.627 bits per heavy atom. The molecule has 1 amide bonds. The maximum absolute atomic E-state index is 12.5. The summed E-state index contributed by atoms with van der Waals surface area (Å²) in [7, 11) is 0. The molecular formula is C69H135NO5. The normalized spacial score (nSPS) is 12.5. The van der Waals surface area contributed by atoms with Gasteiger partial charge in [0.15, 0.2) is 0 Å². The van der Waals surface area contributed by atoms with Crippen LogP contribution in [0.3, 0.4) is 0 Å². The van der Waals surface area contributed by atoms with E-state index in [2.05, 4.69) is 31.3 Å². The van der Waals surface area contributed by atoms with Crippen molar-refractivity contribution in [3.8, 4) is 0 Å². The van der Waals surface area contributed by atoms with Crippen LogP contribution in [-0.2, 0) is 14.3 Å². The highest BCUT2D eigenvalue weighted by molar-refractivity contribution is 5.76. The van der Waals surface area contributed by atoms with Crippen LogP contribution >= 0.6 is 0 Å². The first-order valence-electron chi connectivity index (χ1n) is 34.4. The van der Waals surface area contributed by atoms with Gasteiger partial charge in [0.05, 0.1) is 25.4 Å². The molecule has 0 aromatic carbocycles. The Morgan fingerprint density at radius 1 is 0.360 bits per heavy atom. The van der Waals surface area contributed by atoms with Crippen LogP contribution in [0.15, 0.2) is 12.2 Å². The van der Waals surface area contributed by atoms with E-state index in [-0.39, 0.29) is 18.5 Å². The highest BCUT2D eigenvalue weighted by atomic mass is 16.5. The molecule has 0 bridgehead atoms. The monoisotopic (exact) mass is 1060 g/mol. The number of nitrogens with one attached hydrogen (secondary N) is 1. The van der Waals surface area contributed by atoms with Crippen molar-refractivity contribution in [3.05, 3.63) is 12.2 Å². The maximum atomic E-state index is 12.5. The molecule has 0 aliphatic carbocycles. The number of hydrogen-bond donors (Lipinski definition) is 3. The van der Waals surface area contributed by atoms with Crippen molar-refractivity contribution in [2.45, 2.75) is 405 Å². The zero-order valence-electron chi connectivity index (χ0n) is 51.1. The fourth-order valence-electron chi connectivity index (χ4n) is 11.1. The summed E-state index contributed by atoms with van der Waals surface area (Å²) >= 11 is 0. The van der Waals surface area contributed by atoms with E-state index < -0.39 is 12.1 Å². The average Bonchev–Trinajstić information content (AvgIpc) is 3.41. The molecule has 0 aliphatic rings. The first kappa shape index (κ1) is 73.6. The van der Waals surface area contributed by atoms with Crippen LogP contribution in [0.1, 0.15) is 393 Å². The number of aliphatic hydroxyl groups excluding tert-OH is 2. The van der Waals surface area contributed by atoms with Crippen LogP contribution in [-0.4, -0.2) is 47.4 Å². The number of carbonyl (C=O) groups excluding carboxylic acids is 2. The molecule has 0 saturated heterocycles. The lowest BCUT2D eigenvalue weighted by Gasteiger charge is -2.22. The first-order valence-corrected chi connectivity index (χ1v) is 34.4. The van der Waals surface area contributed by atoms with Gasteiger partial charge in [-0.2, -0.15) is 0 Å². The van der Waals surface area contributed by atoms with Gasteiger partial charge in [-0.15, -0.1) is 0 Å². The third kappa shape index (κ3) is 61.7. The second-order valence-electron chi connectivity index (χ2n) is 23.9. The molecule has 0 radical (unpaired) electrons. The first-order chi connectivity index (χ1) is 37.0. The van der Waals surface area contributed by atoms with Gasteiger partial charge in [-0.05, 0) is 51.4 Å². The van der Waals surface area contributed by atoms with Crippen molar-refractivity contribution >= 4 is 11.9 Å². The summed E-state index contributed by atoms with van der Waals surface area (Å²) in [6.45, 7) is 4.97. The summed E-state index contributed by atoms with van der Waals surface area (Å²) < 4.78 is 5.50. The molecule has 0 aromatic rings. The predicted molar refractivity (Wildman–Crippen MR) is 329 cm³/mol. The van der Waals surface area contributed by atoms with Crippen LogP contribution in [0.2, 0.25) is 0 Å². The lowest BCUT2D eigenvalue weighted by Crippen LogP contribution is -2.45. The van der Waals surface area contributed by atoms with Crippen LogP contribution in [0, 0.1) is 0 Å². The number of esters is 1. The molecule has 0 aromatic heterocycles. The topological polar surface area (TPSA) is 95.9 Å². The molecule has 6 nitrogen and oxygen atoms in total. The largest absolute Gasteiger partial charge is 0.466 e. The Hall–Kier alpha value is -1.40. The van der Waals surface area contributed by atoms with E-state index in [1.807, 2.05) is 0 Å². The predicted octanol–water partition coefficient (Wildman–Crippen LogP) is 22.0. The zero-order chi connectivity index (χ0) is 54.3. The van der Waals surface area contributed by atoms with Crippen LogP contribution in [0.5, 0.6) is 0 Å². The summed E-state index contributed by atoms with van der Waals surface area (Å²) in [5.74, 6) is -0.0364. The number of allylic oxidation sites excluding steroid dienone is 2. The van der Waals surface area contributed by atoms with Crippen molar-refractivity contribution in [2.24, 2.45) is 0 Å². The molecule has 3 N–H and O–H groups in total. The van der Waals surface area contributed by atoms with Gasteiger partial charge in [0.25, 0.3) is 0 Å². The SMILES string of the molecule is CCCCCCCC/C=C\CCCCCCCCCCCC(=O)OCCCCCCCCCCCCCCCCCC(=O)NC(CO)C(O)CCCCCCCCCCCCCCCCCCCCCCCCCC. The van der Waals surface area contributed by atoms with Crippen molar-refractivity contribution < 1.29 is 24.5 Å². The number of hydrogen-bond acceptors (Lipinski definition) is 5. The van der Waals surface area contributed by atoms with E-state index in [4.69, 9.17) is 4.74 Å². The molecule has 0 rings (SSSR count). The third-order valence-corrected chi connectivity index (χ3v) is 16.3. The number of aliphatic hydroxyl groups is 2. The van der Waals surface area contributed by atoms with Crippen LogP contribution in [0.4, 0.5) is 0 Å². The number of ether oxygens (including phenoxy) is 1. The smallest absolute Gasteiger partial charge is 0.305 e.